The van der Waals surface area contributed by atoms with Gasteiger partial charge in [0, 0.05) is 29.0 Å². The van der Waals surface area contributed by atoms with Crippen LogP contribution in [0.5, 0.6) is 11.5 Å². The Morgan fingerprint density at radius 1 is 0.922 bits per heavy atom. The molecule has 0 amide bonds. The molecule has 0 spiro atoms. The number of hydrogen-bond acceptors (Lipinski definition) is 6. The molecule has 2 aliphatic heterocycles. The molecule has 4 aromatic carbocycles. The van der Waals surface area contributed by atoms with Crippen LogP contribution in [0.4, 0.5) is 17.2 Å². The number of aliphatic imine (C=N–C) groups is 1. The SMILES string of the molecule is Cc1ccc2c(c1C)C[C@]1(C)OC(c3[c-]c(Oc4[c-]c5c(cc4)Sc4ccccc4N5c4cc(C(C)(C)C)ccn4)cc(C(C)C)c3)=N[C@]21C.[Pt+2]. The van der Waals surface area contributed by atoms with Crippen molar-refractivity contribution in [2.45, 2.75) is 101 Å². The van der Waals surface area contributed by atoms with Gasteiger partial charge in [0.1, 0.15) is 22.9 Å². The summed E-state index contributed by atoms with van der Waals surface area (Å²) in [6.45, 7) is 19.8. The number of ether oxygens (including phenoxy) is 2. The van der Waals surface area contributed by atoms with Crippen molar-refractivity contribution in [2.75, 3.05) is 4.90 Å². The molecular formula is C44H43N3O2PtS. The summed E-state index contributed by atoms with van der Waals surface area (Å²) in [7, 11) is 0. The first-order chi connectivity index (χ1) is 23.7. The number of anilines is 3. The number of nitrogens with zero attached hydrogens (tertiary/aromatic N) is 3. The van der Waals surface area contributed by atoms with Crippen molar-refractivity contribution in [3.05, 3.63) is 130 Å². The quantitative estimate of drug-likeness (QED) is 0.162. The second-order valence-corrected chi connectivity index (χ2v) is 16.7. The van der Waals surface area contributed by atoms with Crippen molar-refractivity contribution in [1.82, 2.24) is 4.98 Å². The number of pyridine rings is 1. The van der Waals surface area contributed by atoms with E-state index in [0.29, 0.717) is 17.4 Å². The van der Waals surface area contributed by atoms with Crippen LogP contribution in [0.25, 0.3) is 0 Å². The second kappa shape index (κ2) is 12.7. The summed E-state index contributed by atoms with van der Waals surface area (Å²) in [5, 5.41) is 0. The largest absolute Gasteiger partial charge is 2.00 e. The van der Waals surface area contributed by atoms with Crippen LogP contribution in [-0.2, 0) is 43.2 Å². The average molecular weight is 873 g/mol. The Bertz CT molecular complexity index is 2220. The van der Waals surface area contributed by atoms with Gasteiger partial charge in [0.05, 0.1) is 5.69 Å². The number of hydrogen-bond donors (Lipinski definition) is 0. The van der Waals surface area contributed by atoms with Gasteiger partial charge in [-0.05, 0) is 96.8 Å². The molecule has 5 aromatic rings. The number of fused-ring (bicyclic) bond motifs is 5. The molecule has 0 saturated heterocycles. The van der Waals surface area contributed by atoms with E-state index in [4.69, 9.17) is 19.5 Å². The Hall–Kier alpha value is -3.86. The topological polar surface area (TPSA) is 47.0 Å². The van der Waals surface area contributed by atoms with Crippen molar-refractivity contribution >= 4 is 34.9 Å². The molecule has 7 heteroatoms. The molecule has 0 N–H and O–H groups in total. The van der Waals surface area contributed by atoms with Crippen molar-refractivity contribution in [1.29, 1.82) is 0 Å². The maximum atomic E-state index is 6.82. The Morgan fingerprint density at radius 3 is 2.47 bits per heavy atom. The van der Waals surface area contributed by atoms with Gasteiger partial charge in [-0.25, -0.2) is 4.98 Å². The first kappa shape index (κ1) is 35.5. The molecule has 0 fully saturated rings. The van der Waals surface area contributed by atoms with E-state index >= 15 is 0 Å². The Balaban J connectivity index is 0.00000406. The average Bonchev–Trinajstić information content (AvgIpc) is 3.47. The first-order valence-electron chi connectivity index (χ1n) is 17.5. The molecule has 0 unspecified atom stereocenters. The van der Waals surface area contributed by atoms with Gasteiger partial charge < -0.3 is 14.4 Å². The molecule has 3 aliphatic rings. The Kier molecular flexibility index (Phi) is 8.83. The summed E-state index contributed by atoms with van der Waals surface area (Å²) >= 11 is 1.74. The summed E-state index contributed by atoms with van der Waals surface area (Å²) in [5.41, 5.74) is 9.41. The zero-order valence-electron chi connectivity index (χ0n) is 30.7. The van der Waals surface area contributed by atoms with Crippen molar-refractivity contribution in [3.8, 4) is 11.5 Å². The zero-order valence-corrected chi connectivity index (χ0v) is 33.8. The van der Waals surface area contributed by atoms with Crippen LogP contribution in [0.2, 0.25) is 0 Å². The summed E-state index contributed by atoms with van der Waals surface area (Å²) in [4.78, 5) is 14.6. The number of aryl methyl sites for hydroxylation is 1. The molecule has 51 heavy (non-hydrogen) atoms. The van der Waals surface area contributed by atoms with Gasteiger partial charge in [-0.15, -0.1) is 23.8 Å². The summed E-state index contributed by atoms with van der Waals surface area (Å²) in [6.07, 6.45) is 2.72. The van der Waals surface area contributed by atoms with Crippen LogP contribution < -0.4 is 9.64 Å². The van der Waals surface area contributed by atoms with E-state index in [0.717, 1.165) is 39.6 Å². The summed E-state index contributed by atoms with van der Waals surface area (Å²) in [6, 6.07) is 32.7. The van der Waals surface area contributed by atoms with Gasteiger partial charge >= 0.3 is 21.1 Å². The Morgan fingerprint density at radius 2 is 1.71 bits per heavy atom. The molecule has 0 saturated carbocycles. The van der Waals surface area contributed by atoms with E-state index in [-0.39, 0.29) is 32.4 Å². The van der Waals surface area contributed by atoms with Crippen molar-refractivity contribution in [2.24, 2.45) is 4.99 Å². The van der Waals surface area contributed by atoms with Crippen LogP contribution in [0.3, 0.4) is 0 Å². The minimum atomic E-state index is -0.485. The maximum absolute atomic E-state index is 6.82. The van der Waals surface area contributed by atoms with Crippen LogP contribution >= 0.6 is 11.8 Å². The third kappa shape index (κ3) is 5.93. The van der Waals surface area contributed by atoms with E-state index in [1.807, 2.05) is 12.3 Å². The van der Waals surface area contributed by atoms with Gasteiger partial charge in [-0.2, -0.15) is 17.8 Å². The van der Waals surface area contributed by atoms with Gasteiger partial charge in [-0.1, -0.05) is 81.5 Å². The molecule has 8 rings (SSSR count). The number of para-hydroxylation sites is 1. The molecule has 0 bridgehead atoms. The number of aromatic nitrogens is 1. The van der Waals surface area contributed by atoms with Crippen molar-refractivity contribution < 1.29 is 30.5 Å². The number of rotatable bonds is 5. The molecule has 3 heterocycles. The molecular weight excluding hydrogens is 830 g/mol. The van der Waals surface area contributed by atoms with E-state index in [2.05, 4.69) is 146 Å². The fourth-order valence-electron chi connectivity index (χ4n) is 7.38. The van der Waals surface area contributed by atoms with Crippen LogP contribution in [0, 0.1) is 26.0 Å². The van der Waals surface area contributed by atoms with E-state index < -0.39 is 11.1 Å². The second-order valence-electron chi connectivity index (χ2n) is 15.6. The molecule has 2 atom stereocenters. The molecule has 5 nitrogen and oxygen atoms in total. The number of benzene rings is 4. The van der Waals surface area contributed by atoms with Crippen LogP contribution in [-0.4, -0.2) is 16.5 Å². The Labute approximate surface area is 321 Å². The van der Waals surface area contributed by atoms with Gasteiger partial charge in [0.25, 0.3) is 0 Å². The maximum Gasteiger partial charge on any atom is 2.00 e. The molecule has 1 aliphatic carbocycles. The van der Waals surface area contributed by atoms with Crippen LogP contribution in [0.1, 0.15) is 93.3 Å². The summed E-state index contributed by atoms with van der Waals surface area (Å²) < 4.78 is 13.5. The van der Waals surface area contributed by atoms with E-state index in [1.54, 1.807) is 11.8 Å². The molecule has 0 radical (unpaired) electrons. The van der Waals surface area contributed by atoms with Gasteiger partial charge in [0.15, 0.2) is 0 Å². The summed E-state index contributed by atoms with van der Waals surface area (Å²) in [5.74, 6) is 2.95. The normalized spacial score (nSPS) is 20.1. The van der Waals surface area contributed by atoms with Gasteiger partial charge in [0.2, 0.25) is 0 Å². The fraction of sp³-hybridized carbons (Fsp3) is 0.318. The van der Waals surface area contributed by atoms with E-state index in [1.165, 1.54) is 32.7 Å². The van der Waals surface area contributed by atoms with Crippen molar-refractivity contribution in [3.63, 3.8) is 0 Å². The standard InChI is InChI=1S/C44H43N3O2S.Pt/c1-26(2)29-20-30(41-46-44(9)35-16-14-27(3)28(4)34(35)25-43(44,8)49-41)22-33(21-29)48-32-15-17-39-37(24-32)47(36-12-10-11-13-38(36)50-39)40-23-31(18-19-45-40)42(5,6)7;/h10-21,23,26H,25H2,1-9H3;/q-2;+2/t43-,44+;/m0./s1. The fourth-order valence-corrected chi connectivity index (χ4v) is 8.40. The predicted molar refractivity (Wildman–Crippen MR) is 203 cm³/mol. The van der Waals surface area contributed by atoms with Crippen LogP contribution in [0.15, 0.2) is 93.8 Å². The third-order valence-corrected chi connectivity index (χ3v) is 11.9. The molecule has 262 valence electrons. The van der Waals surface area contributed by atoms with E-state index in [9.17, 15) is 0 Å². The monoisotopic (exact) mass is 872 g/mol. The zero-order chi connectivity index (χ0) is 35.2. The smallest absolute Gasteiger partial charge is 0.511 e. The van der Waals surface area contributed by atoms with Gasteiger partial charge in [-0.3, -0.25) is 4.99 Å². The minimum absolute atomic E-state index is 0. The molecule has 1 aromatic heterocycles. The first-order valence-corrected chi connectivity index (χ1v) is 18.3. The minimum Gasteiger partial charge on any atom is -0.511 e. The predicted octanol–water partition coefficient (Wildman–Crippen LogP) is 11.5. The third-order valence-electron chi connectivity index (χ3n) is 10.8.